The Kier molecular flexibility index (Phi) is 6.42. The fourth-order valence-corrected chi connectivity index (χ4v) is 2.59. The first kappa shape index (κ1) is 16.8. The van der Waals surface area contributed by atoms with E-state index < -0.39 is 0 Å². The number of carbonyl (C=O) groups is 2. The van der Waals surface area contributed by atoms with Crippen LogP contribution in [0.1, 0.15) is 37.7 Å². The lowest BCUT2D eigenvalue weighted by atomic mass is 10.2. The van der Waals surface area contributed by atoms with Crippen molar-refractivity contribution in [1.29, 1.82) is 5.26 Å². The van der Waals surface area contributed by atoms with Crippen molar-refractivity contribution in [1.82, 2.24) is 10.6 Å². The van der Waals surface area contributed by atoms with Crippen LogP contribution in [-0.4, -0.2) is 30.9 Å². The Balaban J connectivity index is 1.59. The van der Waals surface area contributed by atoms with Gasteiger partial charge < -0.3 is 16.0 Å². The van der Waals surface area contributed by atoms with Crippen LogP contribution >= 0.6 is 0 Å². The van der Waals surface area contributed by atoms with Crippen LogP contribution in [0.5, 0.6) is 0 Å². The van der Waals surface area contributed by atoms with Crippen LogP contribution in [0.25, 0.3) is 0 Å². The number of rotatable bonds is 7. The summed E-state index contributed by atoms with van der Waals surface area (Å²) in [6.45, 7) is 0.475. The van der Waals surface area contributed by atoms with Crippen LogP contribution < -0.4 is 16.0 Å². The average molecular weight is 314 g/mol. The first-order valence-corrected chi connectivity index (χ1v) is 7.97. The molecule has 1 aliphatic rings. The van der Waals surface area contributed by atoms with Gasteiger partial charge in [0.1, 0.15) is 0 Å². The van der Waals surface area contributed by atoms with Crippen LogP contribution in [-0.2, 0) is 9.59 Å². The summed E-state index contributed by atoms with van der Waals surface area (Å²) < 4.78 is 0. The Labute approximate surface area is 136 Å². The Morgan fingerprint density at radius 1 is 1.13 bits per heavy atom. The van der Waals surface area contributed by atoms with Crippen molar-refractivity contribution in [3.05, 3.63) is 29.8 Å². The van der Waals surface area contributed by atoms with E-state index in [1.165, 1.54) is 12.8 Å². The predicted molar refractivity (Wildman–Crippen MR) is 87.7 cm³/mol. The molecule has 0 atom stereocenters. The highest BCUT2D eigenvalue weighted by Gasteiger charge is 2.16. The van der Waals surface area contributed by atoms with Crippen molar-refractivity contribution in [2.45, 2.75) is 38.1 Å². The van der Waals surface area contributed by atoms with E-state index in [-0.39, 0.29) is 18.4 Å². The minimum absolute atomic E-state index is 0.00254. The summed E-state index contributed by atoms with van der Waals surface area (Å²) in [7, 11) is 0. The fourth-order valence-electron chi connectivity index (χ4n) is 2.59. The third kappa shape index (κ3) is 5.99. The number of hydrogen-bond acceptors (Lipinski definition) is 4. The molecule has 0 radical (unpaired) electrons. The van der Waals surface area contributed by atoms with Crippen molar-refractivity contribution in [2.24, 2.45) is 0 Å². The number of nitrogens with one attached hydrogen (secondary N) is 3. The molecule has 122 valence electrons. The van der Waals surface area contributed by atoms with Crippen molar-refractivity contribution >= 4 is 17.5 Å². The quantitative estimate of drug-likeness (QED) is 0.711. The van der Waals surface area contributed by atoms with Crippen molar-refractivity contribution < 1.29 is 9.59 Å². The van der Waals surface area contributed by atoms with Gasteiger partial charge in [0.05, 0.1) is 18.2 Å². The van der Waals surface area contributed by atoms with Crippen molar-refractivity contribution in [3.8, 4) is 6.07 Å². The molecule has 0 saturated heterocycles. The van der Waals surface area contributed by atoms with Gasteiger partial charge in [0.2, 0.25) is 11.8 Å². The number of nitrogens with zero attached hydrogens (tertiary/aromatic N) is 1. The molecule has 1 aliphatic carbocycles. The molecule has 23 heavy (non-hydrogen) atoms. The third-order valence-electron chi connectivity index (χ3n) is 3.86. The van der Waals surface area contributed by atoms with E-state index in [9.17, 15) is 9.59 Å². The number of amides is 2. The highest BCUT2D eigenvalue weighted by atomic mass is 16.2. The second-order valence-corrected chi connectivity index (χ2v) is 5.69. The molecule has 3 N–H and O–H groups in total. The number of hydrogen-bond donors (Lipinski definition) is 3. The maximum absolute atomic E-state index is 11.7. The first-order valence-electron chi connectivity index (χ1n) is 7.97. The van der Waals surface area contributed by atoms with Gasteiger partial charge >= 0.3 is 0 Å². The molecule has 0 aromatic heterocycles. The van der Waals surface area contributed by atoms with E-state index >= 15 is 0 Å². The minimum atomic E-state index is -0.164. The molecular formula is C17H22N4O2. The van der Waals surface area contributed by atoms with Gasteiger partial charge in [-0.05, 0) is 37.1 Å². The molecule has 0 bridgehead atoms. The monoisotopic (exact) mass is 314 g/mol. The van der Waals surface area contributed by atoms with E-state index in [0.717, 1.165) is 18.5 Å². The second kappa shape index (κ2) is 8.79. The SMILES string of the molecule is N#Cc1ccc(NCC(=O)NCCC(=O)NC2CCCC2)cc1. The standard InChI is InChI=1S/C17H22N4O2/c18-11-13-5-7-14(8-6-13)20-12-17(23)19-10-9-16(22)21-15-3-1-2-4-15/h5-8,15,20H,1-4,9-10,12H2,(H,19,23)(H,21,22). The zero-order valence-corrected chi connectivity index (χ0v) is 13.1. The van der Waals surface area contributed by atoms with Crippen LogP contribution in [0.3, 0.4) is 0 Å². The van der Waals surface area contributed by atoms with Gasteiger partial charge in [-0.15, -0.1) is 0 Å². The molecule has 0 heterocycles. The van der Waals surface area contributed by atoms with E-state index in [0.29, 0.717) is 24.6 Å². The van der Waals surface area contributed by atoms with Gasteiger partial charge in [0.15, 0.2) is 0 Å². The first-order chi connectivity index (χ1) is 11.2. The van der Waals surface area contributed by atoms with Crippen LogP contribution in [0, 0.1) is 11.3 Å². The second-order valence-electron chi connectivity index (χ2n) is 5.69. The molecule has 6 nitrogen and oxygen atoms in total. The van der Waals surface area contributed by atoms with Crippen LogP contribution in [0.2, 0.25) is 0 Å². The van der Waals surface area contributed by atoms with Crippen molar-refractivity contribution in [2.75, 3.05) is 18.4 Å². The lowest BCUT2D eigenvalue weighted by molar-refractivity contribution is -0.122. The van der Waals surface area contributed by atoms with Gasteiger partial charge in [-0.25, -0.2) is 0 Å². The van der Waals surface area contributed by atoms with Gasteiger partial charge in [0.25, 0.3) is 0 Å². The van der Waals surface area contributed by atoms with Gasteiger partial charge in [0, 0.05) is 24.7 Å². The number of nitriles is 1. The largest absolute Gasteiger partial charge is 0.376 e. The summed E-state index contributed by atoms with van der Waals surface area (Å²) in [6, 6.07) is 9.23. The van der Waals surface area contributed by atoms with Crippen molar-refractivity contribution in [3.63, 3.8) is 0 Å². The molecule has 0 aliphatic heterocycles. The summed E-state index contributed by atoms with van der Waals surface area (Å²) in [6.07, 6.45) is 4.80. The third-order valence-corrected chi connectivity index (χ3v) is 3.86. The summed E-state index contributed by atoms with van der Waals surface area (Å²) in [4.78, 5) is 23.4. The smallest absolute Gasteiger partial charge is 0.239 e. The lowest BCUT2D eigenvalue weighted by Crippen LogP contribution is -2.36. The molecule has 2 amide bonds. The van der Waals surface area contributed by atoms with E-state index in [4.69, 9.17) is 5.26 Å². The molecule has 1 fully saturated rings. The Bertz CT molecular complexity index is 571. The van der Waals surface area contributed by atoms with Gasteiger partial charge in [-0.1, -0.05) is 12.8 Å². The fraction of sp³-hybridized carbons (Fsp3) is 0.471. The zero-order valence-electron chi connectivity index (χ0n) is 13.1. The molecule has 1 aromatic carbocycles. The minimum Gasteiger partial charge on any atom is -0.376 e. The maximum Gasteiger partial charge on any atom is 0.239 e. The highest BCUT2D eigenvalue weighted by Crippen LogP contribution is 2.17. The molecule has 1 saturated carbocycles. The maximum atomic E-state index is 11.7. The molecule has 0 unspecified atom stereocenters. The van der Waals surface area contributed by atoms with E-state index in [1.54, 1.807) is 24.3 Å². The normalized spacial score (nSPS) is 14.0. The average Bonchev–Trinajstić information content (AvgIpc) is 3.06. The van der Waals surface area contributed by atoms with Crippen LogP contribution in [0.4, 0.5) is 5.69 Å². The highest BCUT2D eigenvalue weighted by molar-refractivity contribution is 5.82. The Hall–Kier alpha value is -2.55. The Morgan fingerprint density at radius 3 is 2.48 bits per heavy atom. The molecular weight excluding hydrogens is 292 g/mol. The van der Waals surface area contributed by atoms with E-state index in [1.807, 2.05) is 6.07 Å². The van der Waals surface area contributed by atoms with E-state index in [2.05, 4.69) is 16.0 Å². The Morgan fingerprint density at radius 2 is 1.83 bits per heavy atom. The summed E-state index contributed by atoms with van der Waals surface area (Å²) in [5.74, 6) is -0.166. The summed E-state index contributed by atoms with van der Waals surface area (Å²) in [5, 5.41) is 17.4. The summed E-state index contributed by atoms with van der Waals surface area (Å²) in [5.41, 5.74) is 1.35. The number of anilines is 1. The topological polar surface area (TPSA) is 94.0 Å². The molecule has 2 rings (SSSR count). The van der Waals surface area contributed by atoms with Gasteiger partial charge in [-0.3, -0.25) is 9.59 Å². The number of benzene rings is 1. The zero-order chi connectivity index (χ0) is 16.5. The number of carbonyl (C=O) groups excluding carboxylic acids is 2. The van der Waals surface area contributed by atoms with Gasteiger partial charge in [-0.2, -0.15) is 5.26 Å². The predicted octanol–water partition coefficient (Wildman–Crippen LogP) is 1.54. The van der Waals surface area contributed by atoms with Crippen LogP contribution in [0.15, 0.2) is 24.3 Å². The molecule has 0 spiro atoms. The summed E-state index contributed by atoms with van der Waals surface area (Å²) >= 11 is 0. The molecule has 1 aromatic rings. The molecule has 6 heteroatoms. The lowest BCUT2D eigenvalue weighted by Gasteiger charge is -2.12.